The van der Waals surface area contributed by atoms with Crippen LogP contribution in [0.5, 0.6) is 0 Å². The molecule has 4 bridgehead atoms. The van der Waals surface area contributed by atoms with Crippen LogP contribution in [0.2, 0.25) is 0 Å². The molecule has 168 valence electrons. The number of ether oxygens (including phenoxy) is 1. The molecule has 9 nitrogen and oxygen atoms in total. The molecule has 0 aromatic rings. The molecule has 4 aliphatic carbocycles. The highest BCUT2D eigenvalue weighted by molar-refractivity contribution is 7.55. The first-order valence-corrected chi connectivity index (χ1v) is 12.7. The summed E-state index contributed by atoms with van der Waals surface area (Å²) in [6.45, 7) is -0.649. The van der Waals surface area contributed by atoms with E-state index in [1.807, 2.05) is 0 Å². The highest BCUT2D eigenvalue weighted by atomic mass is 31.2. The molecule has 1 aliphatic heterocycles. The van der Waals surface area contributed by atoms with Crippen molar-refractivity contribution in [2.24, 2.45) is 23.2 Å². The molecule has 2 unspecified atom stereocenters. The van der Waals surface area contributed by atoms with Crippen molar-refractivity contribution >= 4 is 7.52 Å². The Morgan fingerprint density at radius 3 is 2.14 bits per heavy atom. The van der Waals surface area contributed by atoms with Crippen molar-refractivity contribution in [1.29, 1.82) is 0 Å². The van der Waals surface area contributed by atoms with Crippen molar-refractivity contribution < 1.29 is 34.6 Å². The number of hydrogen-bond donors (Lipinski definition) is 7. The zero-order chi connectivity index (χ0) is 20.8. The SMILES string of the molecule is O=P(O)(CCC12CC3CC(CC(C3)C1)C2)NCN[C@@H]1C(O)O[C@H](CO)[C@H](O)[C@@H]1O. The molecule has 0 spiro atoms. The van der Waals surface area contributed by atoms with Gasteiger partial charge < -0.3 is 30.1 Å². The summed E-state index contributed by atoms with van der Waals surface area (Å²) < 4.78 is 17.7. The number of nitrogens with one attached hydrogen (secondary N) is 2. The van der Waals surface area contributed by atoms with Crippen molar-refractivity contribution in [3.8, 4) is 0 Å². The maximum absolute atomic E-state index is 12.6. The summed E-state index contributed by atoms with van der Waals surface area (Å²) in [6, 6.07) is -1.04. The Bertz CT molecular complexity index is 600. The average molecular weight is 434 g/mol. The van der Waals surface area contributed by atoms with E-state index in [1.165, 1.54) is 38.5 Å². The summed E-state index contributed by atoms with van der Waals surface area (Å²) in [4.78, 5) is 10.4. The topological polar surface area (TPSA) is 152 Å². The zero-order valence-corrected chi connectivity index (χ0v) is 17.6. The van der Waals surface area contributed by atoms with Gasteiger partial charge in [0.25, 0.3) is 7.52 Å². The largest absolute Gasteiger partial charge is 0.394 e. The maximum atomic E-state index is 12.6. The first-order valence-electron chi connectivity index (χ1n) is 10.8. The summed E-state index contributed by atoms with van der Waals surface area (Å²) in [5.74, 6) is 2.41. The molecule has 0 aromatic heterocycles. The lowest BCUT2D eigenvalue weighted by molar-refractivity contribution is -0.254. The lowest BCUT2D eigenvalue weighted by Crippen LogP contribution is -2.64. The molecular weight excluding hydrogens is 399 g/mol. The first-order chi connectivity index (χ1) is 13.7. The van der Waals surface area contributed by atoms with Gasteiger partial charge in [0.2, 0.25) is 0 Å². The molecule has 6 atom stereocenters. The van der Waals surface area contributed by atoms with E-state index >= 15 is 0 Å². The fraction of sp³-hybridized carbons (Fsp3) is 1.00. The minimum Gasteiger partial charge on any atom is -0.394 e. The van der Waals surface area contributed by atoms with Crippen LogP contribution in [0.1, 0.15) is 44.9 Å². The van der Waals surface area contributed by atoms with Gasteiger partial charge >= 0.3 is 0 Å². The molecule has 1 saturated heterocycles. The van der Waals surface area contributed by atoms with Gasteiger partial charge in [-0.15, -0.1) is 0 Å². The lowest BCUT2D eigenvalue weighted by atomic mass is 9.49. The monoisotopic (exact) mass is 434 g/mol. The predicted octanol–water partition coefficient (Wildman–Crippen LogP) is -0.285. The molecule has 1 heterocycles. The molecule has 0 aromatic carbocycles. The second kappa shape index (κ2) is 8.45. The van der Waals surface area contributed by atoms with Gasteiger partial charge in [-0.3, -0.25) is 9.88 Å². The van der Waals surface area contributed by atoms with Crippen LogP contribution in [0.4, 0.5) is 0 Å². The Kier molecular flexibility index (Phi) is 6.44. The molecule has 7 N–H and O–H groups in total. The Morgan fingerprint density at radius 1 is 1.00 bits per heavy atom. The minimum atomic E-state index is -3.57. The van der Waals surface area contributed by atoms with E-state index in [1.54, 1.807) is 0 Å². The molecule has 4 saturated carbocycles. The summed E-state index contributed by atoms with van der Waals surface area (Å²) in [5, 5.41) is 44.4. The third kappa shape index (κ3) is 4.73. The Morgan fingerprint density at radius 2 is 1.59 bits per heavy atom. The Balaban J connectivity index is 1.25. The van der Waals surface area contributed by atoms with Crippen LogP contribution in [0.25, 0.3) is 0 Å². The van der Waals surface area contributed by atoms with Crippen molar-refractivity contribution in [1.82, 2.24) is 10.4 Å². The molecule has 5 rings (SSSR count). The van der Waals surface area contributed by atoms with E-state index in [9.17, 15) is 24.8 Å². The molecule has 5 aliphatic rings. The molecule has 0 amide bonds. The van der Waals surface area contributed by atoms with Gasteiger partial charge in [0, 0.05) is 6.16 Å². The third-order valence-electron chi connectivity index (χ3n) is 7.67. The summed E-state index contributed by atoms with van der Waals surface area (Å²) in [6.07, 6.45) is 3.32. The van der Waals surface area contributed by atoms with E-state index in [4.69, 9.17) is 9.84 Å². The molecule has 29 heavy (non-hydrogen) atoms. The fourth-order valence-corrected chi connectivity index (χ4v) is 7.94. The van der Waals surface area contributed by atoms with E-state index in [-0.39, 0.29) is 18.2 Å². The highest BCUT2D eigenvalue weighted by Gasteiger charge is 2.51. The van der Waals surface area contributed by atoms with Crippen LogP contribution < -0.4 is 10.4 Å². The summed E-state index contributed by atoms with van der Waals surface area (Å²) >= 11 is 0. The van der Waals surface area contributed by atoms with E-state index in [0.717, 1.165) is 24.2 Å². The van der Waals surface area contributed by atoms with Gasteiger partial charge in [-0.05, 0) is 68.1 Å². The standard InChI is InChI=1S/C19H35N2O7P/c22-9-14-16(23)17(24)15(18(25)28-14)20-10-21-29(26,27)2-1-19-6-11-3-12(7-19)5-13(4-11)8-19/h11-18,20,22-25H,1-10H2,(H2,21,26,27)/t11?,12?,13?,14-,15+,16+,17-,18?,19?/m1/s1. The maximum Gasteiger partial charge on any atom is 0.268 e. The molecular formula is C19H35N2O7P. The lowest BCUT2D eigenvalue weighted by Gasteiger charge is -2.57. The van der Waals surface area contributed by atoms with Gasteiger partial charge in [-0.1, -0.05) is 0 Å². The van der Waals surface area contributed by atoms with Gasteiger partial charge in [0.15, 0.2) is 6.29 Å². The van der Waals surface area contributed by atoms with Crippen molar-refractivity contribution in [3.63, 3.8) is 0 Å². The number of aliphatic hydroxyl groups is 4. The normalized spacial score (nSPS) is 48.6. The molecule has 10 heteroatoms. The van der Waals surface area contributed by atoms with Crippen LogP contribution in [-0.4, -0.2) is 75.4 Å². The van der Waals surface area contributed by atoms with Crippen LogP contribution in [0, 0.1) is 23.2 Å². The minimum absolute atomic E-state index is 0.118. The highest BCUT2D eigenvalue weighted by Crippen LogP contribution is 2.62. The smallest absolute Gasteiger partial charge is 0.268 e. The number of aliphatic hydroxyl groups excluding tert-OH is 4. The van der Waals surface area contributed by atoms with Crippen molar-refractivity contribution in [3.05, 3.63) is 0 Å². The number of hydrogen-bond acceptors (Lipinski definition) is 7. The first kappa shape index (κ1) is 22.1. The van der Waals surface area contributed by atoms with Crippen molar-refractivity contribution in [2.45, 2.75) is 75.6 Å². The van der Waals surface area contributed by atoms with Gasteiger partial charge in [0.1, 0.15) is 18.3 Å². The number of rotatable bonds is 8. The molecule has 0 radical (unpaired) electrons. The second-order valence-electron chi connectivity index (χ2n) is 9.89. The van der Waals surface area contributed by atoms with Gasteiger partial charge in [-0.25, -0.2) is 5.09 Å². The zero-order valence-electron chi connectivity index (χ0n) is 16.7. The quantitative estimate of drug-likeness (QED) is 0.202. The average Bonchev–Trinajstić information content (AvgIpc) is 2.65. The van der Waals surface area contributed by atoms with E-state index < -0.39 is 44.8 Å². The fourth-order valence-electron chi connectivity index (χ4n) is 6.67. The molecule has 5 fully saturated rings. The Labute approximate surface area is 171 Å². The Hall–Kier alpha value is -0.0900. The second-order valence-corrected chi connectivity index (χ2v) is 12.1. The van der Waals surface area contributed by atoms with Crippen LogP contribution in [0.15, 0.2) is 0 Å². The van der Waals surface area contributed by atoms with Gasteiger partial charge in [-0.2, -0.15) is 0 Å². The van der Waals surface area contributed by atoms with Crippen LogP contribution in [-0.2, 0) is 9.30 Å². The summed E-state index contributed by atoms with van der Waals surface area (Å²) in [7, 11) is -3.57. The predicted molar refractivity (Wildman–Crippen MR) is 105 cm³/mol. The summed E-state index contributed by atoms with van der Waals surface area (Å²) in [5.41, 5.74) is 0.231. The third-order valence-corrected chi connectivity index (χ3v) is 9.16. The van der Waals surface area contributed by atoms with E-state index in [2.05, 4.69) is 10.4 Å². The van der Waals surface area contributed by atoms with Gasteiger partial charge in [0.05, 0.1) is 19.3 Å². The van der Waals surface area contributed by atoms with Crippen LogP contribution in [0.3, 0.4) is 0 Å². The van der Waals surface area contributed by atoms with Crippen LogP contribution >= 0.6 is 7.52 Å². The van der Waals surface area contributed by atoms with E-state index in [0.29, 0.717) is 0 Å². The van der Waals surface area contributed by atoms with Crippen molar-refractivity contribution in [2.75, 3.05) is 19.4 Å².